The SMILES string of the molecule is CN1CCN(c2nc(Nc3ccc4c(c3)OCO4)c3cnn(-c4ccccc4)c3n2)CC1. The molecule has 0 bridgehead atoms. The summed E-state index contributed by atoms with van der Waals surface area (Å²) >= 11 is 0. The molecular weight excluding hydrogens is 406 g/mol. The minimum atomic E-state index is 0.244. The number of hydrogen-bond acceptors (Lipinski definition) is 8. The molecule has 0 amide bonds. The number of aromatic nitrogens is 4. The van der Waals surface area contributed by atoms with E-state index in [9.17, 15) is 0 Å². The highest BCUT2D eigenvalue weighted by molar-refractivity contribution is 5.90. The van der Waals surface area contributed by atoms with E-state index in [0.717, 1.165) is 60.1 Å². The normalized spacial score (nSPS) is 16.0. The number of ether oxygens (including phenoxy) is 2. The molecule has 2 aromatic heterocycles. The Morgan fingerprint density at radius 3 is 2.56 bits per heavy atom. The lowest BCUT2D eigenvalue weighted by atomic mass is 10.2. The number of likely N-dealkylation sites (N-methyl/N-ethyl adjacent to an activating group) is 1. The Kier molecular flexibility index (Phi) is 4.53. The molecule has 2 aliphatic rings. The van der Waals surface area contributed by atoms with Gasteiger partial charge in [-0.2, -0.15) is 15.1 Å². The van der Waals surface area contributed by atoms with Gasteiger partial charge in [0.2, 0.25) is 12.7 Å². The highest BCUT2D eigenvalue weighted by Gasteiger charge is 2.21. The van der Waals surface area contributed by atoms with Crippen LogP contribution in [0.25, 0.3) is 16.7 Å². The van der Waals surface area contributed by atoms with Gasteiger partial charge in [0.1, 0.15) is 5.82 Å². The lowest BCUT2D eigenvalue weighted by Gasteiger charge is -2.32. The number of nitrogens with zero attached hydrogens (tertiary/aromatic N) is 6. The summed E-state index contributed by atoms with van der Waals surface area (Å²) in [5.74, 6) is 2.88. The lowest BCUT2D eigenvalue weighted by Crippen LogP contribution is -2.45. The van der Waals surface area contributed by atoms with E-state index in [0.29, 0.717) is 11.8 Å². The number of nitrogens with one attached hydrogen (secondary N) is 1. The quantitative estimate of drug-likeness (QED) is 0.530. The number of fused-ring (bicyclic) bond motifs is 2. The predicted molar refractivity (Wildman–Crippen MR) is 122 cm³/mol. The van der Waals surface area contributed by atoms with E-state index in [4.69, 9.17) is 19.4 Å². The number of hydrogen-bond donors (Lipinski definition) is 1. The Morgan fingerprint density at radius 2 is 1.72 bits per heavy atom. The zero-order chi connectivity index (χ0) is 21.5. The first-order valence-electron chi connectivity index (χ1n) is 10.7. The number of anilines is 3. The fraction of sp³-hybridized carbons (Fsp3) is 0.261. The number of para-hydroxylation sites is 1. The molecule has 1 fully saturated rings. The molecule has 0 unspecified atom stereocenters. The first-order chi connectivity index (χ1) is 15.7. The number of benzene rings is 2. The third-order valence-corrected chi connectivity index (χ3v) is 5.84. The predicted octanol–water partition coefficient (Wildman–Crippen LogP) is 3.04. The molecule has 0 radical (unpaired) electrons. The summed E-state index contributed by atoms with van der Waals surface area (Å²) in [6, 6.07) is 15.8. The van der Waals surface area contributed by atoms with E-state index in [1.54, 1.807) is 0 Å². The molecule has 6 rings (SSSR count). The van der Waals surface area contributed by atoms with Gasteiger partial charge in [-0.3, -0.25) is 0 Å². The maximum Gasteiger partial charge on any atom is 0.231 e. The van der Waals surface area contributed by atoms with Crippen molar-refractivity contribution in [3.8, 4) is 17.2 Å². The maximum atomic E-state index is 5.53. The van der Waals surface area contributed by atoms with Crippen molar-refractivity contribution >= 4 is 28.5 Å². The van der Waals surface area contributed by atoms with E-state index >= 15 is 0 Å². The smallest absolute Gasteiger partial charge is 0.231 e. The summed E-state index contributed by atoms with van der Waals surface area (Å²) in [5, 5.41) is 8.93. The monoisotopic (exact) mass is 429 g/mol. The summed E-state index contributed by atoms with van der Waals surface area (Å²) in [5.41, 5.74) is 2.59. The fourth-order valence-electron chi connectivity index (χ4n) is 4.01. The molecule has 0 atom stereocenters. The highest BCUT2D eigenvalue weighted by Crippen LogP contribution is 2.36. The van der Waals surface area contributed by atoms with Gasteiger partial charge < -0.3 is 24.6 Å². The van der Waals surface area contributed by atoms with E-state index in [1.807, 2.05) is 59.4 Å². The van der Waals surface area contributed by atoms with Crippen LogP contribution in [-0.2, 0) is 0 Å². The molecule has 9 heteroatoms. The summed E-state index contributed by atoms with van der Waals surface area (Å²) in [4.78, 5) is 14.4. The van der Waals surface area contributed by atoms with Gasteiger partial charge in [0.25, 0.3) is 0 Å². The summed E-state index contributed by atoms with van der Waals surface area (Å²) in [6.45, 7) is 3.96. The zero-order valence-electron chi connectivity index (χ0n) is 17.7. The average Bonchev–Trinajstić information content (AvgIpc) is 3.47. The second kappa shape index (κ2) is 7.69. The van der Waals surface area contributed by atoms with Crippen LogP contribution in [0.3, 0.4) is 0 Å². The zero-order valence-corrected chi connectivity index (χ0v) is 17.7. The molecule has 4 aromatic rings. The van der Waals surface area contributed by atoms with Crippen molar-refractivity contribution < 1.29 is 9.47 Å². The van der Waals surface area contributed by atoms with Crippen LogP contribution >= 0.6 is 0 Å². The Bertz CT molecular complexity index is 1270. The van der Waals surface area contributed by atoms with E-state index < -0.39 is 0 Å². The van der Waals surface area contributed by atoms with Crippen LogP contribution in [0.1, 0.15) is 0 Å². The second-order valence-electron chi connectivity index (χ2n) is 7.98. The van der Waals surface area contributed by atoms with Gasteiger partial charge in [0.15, 0.2) is 17.1 Å². The molecule has 9 nitrogen and oxygen atoms in total. The fourth-order valence-corrected chi connectivity index (χ4v) is 4.01. The minimum absolute atomic E-state index is 0.244. The van der Waals surface area contributed by atoms with Crippen LogP contribution < -0.4 is 19.7 Å². The van der Waals surface area contributed by atoms with Crippen molar-refractivity contribution in [1.29, 1.82) is 0 Å². The molecular formula is C23H23N7O2. The molecule has 1 saturated heterocycles. The number of rotatable bonds is 4. The van der Waals surface area contributed by atoms with E-state index in [1.165, 1.54) is 0 Å². The van der Waals surface area contributed by atoms with Gasteiger partial charge in [-0.05, 0) is 31.3 Å². The van der Waals surface area contributed by atoms with Gasteiger partial charge in [0, 0.05) is 37.9 Å². The Balaban J connectivity index is 1.45. The van der Waals surface area contributed by atoms with Crippen LogP contribution in [0.5, 0.6) is 11.5 Å². The largest absolute Gasteiger partial charge is 0.454 e. The van der Waals surface area contributed by atoms with Gasteiger partial charge >= 0.3 is 0 Å². The Hall–Kier alpha value is -3.85. The van der Waals surface area contributed by atoms with E-state index in [-0.39, 0.29) is 6.79 Å². The lowest BCUT2D eigenvalue weighted by molar-refractivity contribution is 0.174. The first kappa shape index (κ1) is 18.9. The number of piperazine rings is 1. The molecule has 1 N–H and O–H groups in total. The molecule has 32 heavy (non-hydrogen) atoms. The molecule has 0 spiro atoms. The standard InChI is InChI=1S/C23H23N7O2/c1-28-9-11-29(12-10-28)23-26-21(25-16-7-8-19-20(13-16)32-15-31-19)18-14-24-30(22(18)27-23)17-5-3-2-4-6-17/h2-8,13-14H,9-12,15H2,1H3,(H,25,26,27). The third-order valence-electron chi connectivity index (χ3n) is 5.84. The second-order valence-corrected chi connectivity index (χ2v) is 7.98. The van der Waals surface area contributed by atoms with Gasteiger partial charge in [-0.1, -0.05) is 18.2 Å². The summed E-state index contributed by atoms with van der Waals surface area (Å²) in [7, 11) is 2.14. The van der Waals surface area contributed by atoms with Crippen molar-refractivity contribution in [3.63, 3.8) is 0 Å². The first-order valence-corrected chi connectivity index (χ1v) is 10.7. The molecule has 4 heterocycles. The van der Waals surface area contributed by atoms with E-state index in [2.05, 4.69) is 27.3 Å². The molecule has 0 aliphatic carbocycles. The van der Waals surface area contributed by atoms with Crippen LogP contribution in [0.15, 0.2) is 54.7 Å². The Labute approximate surface area is 185 Å². The van der Waals surface area contributed by atoms with Crippen molar-refractivity contribution in [2.24, 2.45) is 0 Å². The van der Waals surface area contributed by atoms with Crippen molar-refractivity contribution in [2.45, 2.75) is 0 Å². The van der Waals surface area contributed by atoms with Crippen LogP contribution in [0.4, 0.5) is 17.5 Å². The molecule has 162 valence electrons. The highest BCUT2D eigenvalue weighted by atomic mass is 16.7. The molecule has 2 aromatic carbocycles. The summed E-state index contributed by atoms with van der Waals surface area (Å²) in [6.07, 6.45) is 1.81. The van der Waals surface area contributed by atoms with Crippen molar-refractivity contribution in [2.75, 3.05) is 50.2 Å². The topological polar surface area (TPSA) is 80.6 Å². The average molecular weight is 429 g/mol. The van der Waals surface area contributed by atoms with Gasteiger partial charge in [-0.15, -0.1) is 0 Å². The van der Waals surface area contributed by atoms with Gasteiger partial charge in [-0.25, -0.2) is 4.68 Å². The minimum Gasteiger partial charge on any atom is -0.454 e. The third kappa shape index (κ3) is 3.36. The van der Waals surface area contributed by atoms with Gasteiger partial charge in [0.05, 0.1) is 17.3 Å². The molecule has 0 saturated carbocycles. The van der Waals surface area contributed by atoms with Crippen molar-refractivity contribution in [3.05, 3.63) is 54.7 Å². The van der Waals surface area contributed by atoms with Crippen LogP contribution in [0.2, 0.25) is 0 Å². The maximum absolute atomic E-state index is 5.53. The molecule has 2 aliphatic heterocycles. The Morgan fingerprint density at radius 1 is 0.906 bits per heavy atom. The van der Waals surface area contributed by atoms with Crippen LogP contribution in [0, 0.1) is 0 Å². The van der Waals surface area contributed by atoms with Crippen molar-refractivity contribution in [1.82, 2.24) is 24.6 Å². The summed E-state index contributed by atoms with van der Waals surface area (Å²) < 4.78 is 12.8. The van der Waals surface area contributed by atoms with Crippen LogP contribution in [-0.4, -0.2) is 64.7 Å².